The van der Waals surface area contributed by atoms with Crippen molar-refractivity contribution in [2.75, 3.05) is 13.1 Å². The van der Waals surface area contributed by atoms with E-state index in [9.17, 15) is 10.1 Å². The molecule has 1 saturated heterocycles. The van der Waals surface area contributed by atoms with Crippen LogP contribution in [0.25, 0.3) is 16.5 Å². The van der Waals surface area contributed by atoms with Gasteiger partial charge in [-0.05, 0) is 43.5 Å². The first-order valence-electron chi connectivity index (χ1n) is 6.82. The summed E-state index contributed by atoms with van der Waals surface area (Å²) in [6, 6.07) is 4.94. The molecule has 0 saturated carbocycles. The van der Waals surface area contributed by atoms with Gasteiger partial charge in [0, 0.05) is 29.3 Å². The van der Waals surface area contributed by atoms with E-state index in [4.69, 9.17) is 0 Å². The Kier molecular flexibility index (Phi) is 3.28. The number of nitro groups is 1. The van der Waals surface area contributed by atoms with E-state index in [1.165, 1.54) is 0 Å². The third-order valence-corrected chi connectivity index (χ3v) is 4.05. The summed E-state index contributed by atoms with van der Waals surface area (Å²) >= 11 is 0. The van der Waals surface area contributed by atoms with Crippen molar-refractivity contribution in [3.63, 3.8) is 0 Å². The number of non-ortho nitro benzene ring substituents is 1. The molecule has 0 radical (unpaired) electrons. The summed E-state index contributed by atoms with van der Waals surface area (Å²) in [5.74, 6) is 0.491. The molecule has 5 nitrogen and oxygen atoms in total. The molecule has 1 fully saturated rings. The Labute approximate surface area is 116 Å². The number of nitro benzene ring substituents is 1. The fourth-order valence-electron chi connectivity index (χ4n) is 2.88. The lowest BCUT2D eigenvalue weighted by Crippen LogP contribution is -2.28. The van der Waals surface area contributed by atoms with Crippen LogP contribution >= 0.6 is 0 Å². The normalized spacial score (nSPS) is 16.4. The first-order chi connectivity index (χ1) is 9.66. The van der Waals surface area contributed by atoms with E-state index in [1.54, 1.807) is 12.1 Å². The van der Waals surface area contributed by atoms with Gasteiger partial charge in [0.15, 0.2) is 0 Å². The number of hydrogen-bond acceptors (Lipinski definition) is 3. The molecule has 104 valence electrons. The molecule has 0 unspecified atom stereocenters. The van der Waals surface area contributed by atoms with Gasteiger partial charge in [-0.1, -0.05) is 6.58 Å². The Balaban J connectivity index is 1.95. The van der Waals surface area contributed by atoms with Crippen molar-refractivity contribution < 1.29 is 4.92 Å². The zero-order valence-electron chi connectivity index (χ0n) is 11.2. The Morgan fingerprint density at radius 2 is 2.10 bits per heavy atom. The number of piperidine rings is 1. The highest BCUT2D eigenvalue weighted by Crippen LogP contribution is 2.34. The van der Waals surface area contributed by atoms with Crippen molar-refractivity contribution in [3.05, 3.63) is 46.7 Å². The molecule has 1 aliphatic rings. The van der Waals surface area contributed by atoms with E-state index in [1.807, 2.05) is 12.3 Å². The fraction of sp³-hybridized carbons (Fsp3) is 0.333. The molecule has 0 aliphatic carbocycles. The van der Waals surface area contributed by atoms with Crippen molar-refractivity contribution in [1.29, 1.82) is 0 Å². The topological polar surface area (TPSA) is 71.0 Å². The van der Waals surface area contributed by atoms with Gasteiger partial charge in [0.2, 0.25) is 0 Å². The average Bonchev–Trinajstić information content (AvgIpc) is 2.90. The minimum atomic E-state index is -0.373. The number of fused-ring (bicyclic) bond motifs is 1. The summed E-state index contributed by atoms with van der Waals surface area (Å²) in [6.45, 7) is 6.30. The second-order valence-electron chi connectivity index (χ2n) is 5.24. The van der Waals surface area contributed by atoms with Gasteiger partial charge in [-0.3, -0.25) is 10.1 Å². The Morgan fingerprint density at radius 3 is 2.80 bits per heavy atom. The number of allylic oxidation sites excluding steroid dienone is 1. The summed E-state index contributed by atoms with van der Waals surface area (Å²) in [4.78, 5) is 13.5. The van der Waals surface area contributed by atoms with E-state index in [0.717, 1.165) is 48.0 Å². The molecular formula is C15H17N3O2. The SMILES string of the molecule is C=C(c1c[nH]c2cc([N+](=O)[O-])ccc12)C1CCNCC1. The van der Waals surface area contributed by atoms with Crippen LogP contribution in [0, 0.1) is 16.0 Å². The van der Waals surface area contributed by atoms with Gasteiger partial charge in [-0.25, -0.2) is 0 Å². The van der Waals surface area contributed by atoms with Gasteiger partial charge >= 0.3 is 0 Å². The maximum Gasteiger partial charge on any atom is 0.271 e. The summed E-state index contributed by atoms with van der Waals surface area (Å²) < 4.78 is 0. The number of benzene rings is 1. The predicted molar refractivity (Wildman–Crippen MR) is 79.6 cm³/mol. The number of rotatable bonds is 3. The summed E-state index contributed by atoms with van der Waals surface area (Å²) in [5, 5.41) is 15.2. The zero-order chi connectivity index (χ0) is 14.1. The van der Waals surface area contributed by atoms with Crippen molar-refractivity contribution in [2.45, 2.75) is 12.8 Å². The molecule has 2 heterocycles. The molecule has 1 aliphatic heterocycles. The largest absolute Gasteiger partial charge is 0.360 e. The smallest absolute Gasteiger partial charge is 0.271 e. The Morgan fingerprint density at radius 1 is 1.35 bits per heavy atom. The highest BCUT2D eigenvalue weighted by molar-refractivity contribution is 5.93. The maximum atomic E-state index is 10.8. The van der Waals surface area contributed by atoms with E-state index >= 15 is 0 Å². The van der Waals surface area contributed by atoms with Gasteiger partial charge in [0.05, 0.1) is 10.4 Å². The van der Waals surface area contributed by atoms with Crippen LogP contribution in [0.5, 0.6) is 0 Å². The lowest BCUT2D eigenvalue weighted by molar-refractivity contribution is -0.384. The average molecular weight is 271 g/mol. The van der Waals surface area contributed by atoms with Gasteiger partial charge in [0.1, 0.15) is 0 Å². The third kappa shape index (κ3) is 2.20. The van der Waals surface area contributed by atoms with E-state index in [2.05, 4.69) is 16.9 Å². The first kappa shape index (κ1) is 12.9. The van der Waals surface area contributed by atoms with Crippen LogP contribution in [0.4, 0.5) is 5.69 Å². The number of nitrogens with one attached hydrogen (secondary N) is 2. The number of H-pyrrole nitrogens is 1. The van der Waals surface area contributed by atoms with Gasteiger partial charge in [-0.15, -0.1) is 0 Å². The standard InChI is InChI=1S/C15H17N3O2/c1-10(11-4-6-16-7-5-11)14-9-17-15-8-12(18(19)20)2-3-13(14)15/h2-3,8-9,11,16-17H,1,4-7H2. The summed E-state index contributed by atoms with van der Waals surface area (Å²) in [5.41, 5.74) is 3.12. The van der Waals surface area contributed by atoms with Gasteiger partial charge in [0.25, 0.3) is 5.69 Å². The molecule has 0 amide bonds. The van der Waals surface area contributed by atoms with Crippen LogP contribution in [-0.2, 0) is 0 Å². The van der Waals surface area contributed by atoms with Crippen molar-refractivity contribution in [2.24, 2.45) is 5.92 Å². The molecular weight excluding hydrogens is 254 g/mol. The van der Waals surface area contributed by atoms with Gasteiger partial charge < -0.3 is 10.3 Å². The predicted octanol–water partition coefficient (Wildman–Crippen LogP) is 3.09. The molecule has 0 bridgehead atoms. The first-order valence-corrected chi connectivity index (χ1v) is 6.82. The van der Waals surface area contributed by atoms with E-state index in [0.29, 0.717) is 5.92 Å². The molecule has 2 aromatic rings. The molecule has 5 heteroatoms. The molecule has 20 heavy (non-hydrogen) atoms. The third-order valence-electron chi connectivity index (χ3n) is 4.05. The highest BCUT2D eigenvalue weighted by atomic mass is 16.6. The number of aromatic amines is 1. The fourth-order valence-corrected chi connectivity index (χ4v) is 2.88. The lowest BCUT2D eigenvalue weighted by atomic mass is 9.86. The number of aromatic nitrogens is 1. The Bertz CT molecular complexity index is 669. The maximum absolute atomic E-state index is 10.8. The van der Waals surface area contributed by atoms with Crippen LogP contribution in [-0.4, -0.2) is 23.0 Å². The zero-order valence-corrected chi connectivity index (χ0v) is 11.2. The van der Waals surface area contributed by atoms with Crippen LogP contribution in [0.15, 0.2) is 31.0 Å². The molecule has 3 rings (SSSR count). The molecule has 1 aromatic heterocycles. The van der Waals surface area contributed by atoms with Crippen LogP contribution in [0.3, 0.4) is 0 Å². The molecule has 2 N–H and O–H groups in total. The molecule has 1 aromatic carbocycles. The second kappa shape index (κ2) is 5.09. The Hall–Kier alpha value is -2.14. The summed E-state index contributed by atoms with van der Waals surface area (Å²) in [6.07, 6.45) is 4.11. The monoisotopic (exact) mass is 271 g/mol. The number of hydrogen-bond donors (Lipinski definition) is 2. The van der Waals surface area contributed by atoms with E-state index in [-0.39, 0.29) is 10.6 Å². The van der Waals surface area contributed by atoms with Crippen LogP contribution in [0.1, 0.15) is 18.4 Å². The summed E-state index contributed by atoms with van der Waals surface area (Å²) in [7, 11) is 0. The second-order valence-corrected chi connectivity index (χ2v) is 5.24. The van der Waals surface area contributed by atoms with Crippen LogP contribution < -0.4 is 5.32 Å². The van der Waals surface area contributed by atoms with Crippen molar-refractivity contribution in [1.82, 2.24) is 10.3 Å². The molecule has 0 spiro atoms. The number of nitrogens with zero attached hydrogens (tertiary/aromatic N) is 1. The van der Waals surface area contributed by atoms with Crippen molar-refractivity contribution in [3.8, 4) is 0 Å². The quantitative estimate of drug-likeness (QED) is 0.665. The minimum absolute atomic E-state index is 0.110. The minimum Gasteiger partial charge on any atom is -0.360 e. The highest BCUT2D eigenvalue weighted by Gasteiger charge is 2.20. The lowest BCUT2D eigenvalue weighted by Gasteiger charge is -2.24. The van der Waals surface area contributed by atoms with E-state index < -0.39 is 0 Å². The van der Waals surface area contributed by atoms with Crippen LogP contribution in [0.2, 0.25) is 0 Å². The van der Waals surface area contributed by atoms with Gasteiger partial charge in [-0.2, -0.15) is 0 Å². The van der Waals surface area contributed by atoms with Crippen molar-refractivity contribution >= 4 is 22.2 Å². The molecule has 0 atom stereocenters.